The van der Waals surface area contributed by atoms with Crippen molar-refractivity contribution in [2.24, 2.45) is 0 Å². The number of anilines is 2. The summed E-state index contributed by atoms with van der Waals surface area (Å²) in [5.41, 5.74) is 1.08. The third-order valence-corrected chi connectivity index (χ3v) is 2.52. The number of methoxy groups -OCH3 is 1. The van der Waals surface area contributed by atoms with E-state index < -0.39 is 0 Å². The number of hydrogen-bond donors (Lipinski definition) is 1. The Hall–Kier alpha value is -2.37. The predicted octanol–water partition coefficient (Wildman–Crippen LogP) is 1.56. The smallest absolute Gasteiger partial charge is 0.226 e. The number of pyridine rings is 1. The fourth-order valence-electron chi connectivity index (χ4n) is 1.53. The quantitative estimate of drug-likeness (QED) is 0.879. The largest absolute Gasteiger partial charge is 0.481 e. The van der Waals surface area contributed by atoms with Crippen molar-refractivity contribution in [2.75, 3.05) is 31.4 Å². The van der Waals surface area contributed by atoms with Gasteiger partial charge in [-0.2, -0.15) is 4.98 Å². The first-order valence-electron chi connectivity index (χ1n) is 5.92. The fraction of sp³-hybridized carbons (Fsp3) is 0.308. The lowest BCUT2D eigenvalue weighted by Gasteiger charge is -2.11. The van der Waals surface area contributed by atoms with Gasteiger partial charge in [0.1, 0.15) is 5.82 Å². The summed E-state index contributed by atoms with van der Waals surface area (Å²) in [7, 11) is 5.42. The standard InChI is InChI=1S/C13H17N5O/c1-18(2)13-15-7-5-11(17-13)16-9-10-4-6-14-12(8-10)19-3/h4-8H,9H2,1-3H3,(H,15,16,17). The van der Waals surface area contributed by atoms with Crippen LogP contribution in [0.4, 0.5) is 11.8 Å². The number of aromatic nitrogens is 3. The number of hydrogen-bond acceptors (Lipinski definition) is 6. The summed E-state index contributed by atoms with van der Waals surface area (Å²) >= 11 is 0. The van der Waals surface area contributed by atoms with Gasteiger partial charge in [-0.3, -0.25) is 0 Å². The maximum absolute atomic E-state index is 5.09. The van der Waals surface area contributed by atoms with Crippen molar-refractivity contribution < 1.29 is 4.74 Å². The molecule has 0 bridgehead atoms. The SMILES string of the molecule is COc1cc(CNc2ccnc(N(C)C)n2)ccn1. The van der Waals surface area contributed by atoms with Crippen molar-refractivity contribution in [2.45, 2.75) is 6.54 Å². The van der Waals surface area contributed by atoms with E-state index in [-0.39, 0.29) is 0 Å². The lowest BCUT2D eigenvalue weighted by molar-refractivity contribution is 0.397. The fourth-order valence-corrected chi connectivity index (χ4v) is 1.53. The van der Waals surface area contributed by atoms with Crippen LogP contribution < -0.4 is 15.0 Å². The summed E-state index contributed by atoms with van der Waals surface area (Å²) in [5.74, 6) is 2.07. The normalized spacial score (nSPS) is 10.1. The van der Waals surface area contributed by atoms with Gasteiger partial charge in [0.15, 0.2) is 0 Å². The van der Waals surface area contributed by atoms with Gasteiger partial charge < -0.3 is 15.0 Å². The molecule has 0 saturated carbocycles. The summed E-state index contributed by atoms with van der Waals surface area (Å²) in [5, 5.41) is 3.25. The lowest BCUT2D eigenvalue weighted by atomic mass is 10.2. The molecule has 2 rings (SSSR count). The van der Waals surface area contributed by atoms with Crippen LogP contribution in [0.5, 0.6) is 5.88 Å². The van der Waals surface area contributed by atoms with E-state index in [4.69, 9.17) is 4.74 Å². The molecular formula is C13H17N5O. The second kappa shape index (κ2) is 5.99. The van der Waals surface area contributed by atoms with Crippen LogP contribution in [0.1, 0.15) is 5.56 Å². The predicted molar refractivity (Wildman–Crippen MR) is 74.5 cm³/mol. The molecule has 0 fully saturated rings. The molecule has 0 atom stereocenters. The highest BCUT2D eigenvalue weighted by atomic mass is 16.5. The van der Waals surface area contributed by atoms with Gasteiger partial charge in [-0.15, -0.1) is 0 Å². The van der Waals surface area contributed by atoms with E-state index >= 15 is 0 Å². The average molecular weight is 259 g/mol. The van der Waals surface area contributed by atoms with Crippen LogP contribution >= 0.6 is 0 Å². The monoisotopic (exact) mass is 259 g/mol. The summed E-state index contributed by atoms with van der Waals surface area (Å²) < 4.78 is 5.09. The lowest BCUT2D eigenvalue weighted by Crippen LogP contribution is -2.13. The average Bonchev–Trinajstić information content (AvgIpc) is 2.45. The van der Waals surface area contributed by atoms with Crippen molar-refractivity contribution >= 4 is 11.8 Å². The molecule has 0 radical (unpaired) electrons. The Morgan fingerprint density at radius 2 is 2.00 bits per heavy atom. The maximum Gasteiger partial charge on any atom is 0.226 e. The van der Waals surface area contributed by atoms with E-state index in [0.29, 0.717) is 18.4 Å². The molecule has 0 unspecified atom stereocenters. The topological polar surface area (TPSA) is 63.2 Å². The minimum atomic E-state index is 0.607. The Kier molecular flexibility index (Phi) is 4.12. The Balaban J connectivity index is 2.03. The second-order valence-electron chi connectivity index (χ2n) is 4.20. The van der Waals surface area contributed by atoms with Crippen LogP contribution in [0.3, 0.4) is 0 Å². The van der Waals surface area contributed by atoms with Crippen LogP contribution in [-0.2, 0) is 6.54 Å². The molecule has 6 heteroatoms. The highest BCUT2D eigenvalue weighted by Gasteiger charge is 2.01. The molecule has 2 aromatic rings. The molecule has 0 saturated heterocycles. The Morgan fingerprint density at radius 3 is 2.74 bits per heavy atom. The van der Waals surface area contributed by atoms with Gasteiger partial charge in [-0.1, -0.05) is 0 Å². The summed E-state index contributed by atoms with van der Waals surface area (Å²) in [4.78, 5) is 14.5. The number of ether oxygens (including phenoxy) is 1. The van der Waals surface area contributed by atoms with E-state index in [1.54, 1.807) is 19.5 Å². The van der Waals surface area contributed by atoms with Crippen LogP contribution in [0.2, 0.25) is 0 Å². The molecule has 2 aromatic heterocycles. The zero-order valence-corrected chi connectivity index (χ0v) is 11.3. The first-order valence-corrected chi connectivity index (χ1v) is 5.92. The molecule has 0 aliphatic rings. The van der Waals surface area contributed by atoms with E-state index in [9.17, 15) is 0 Å². The molecule has 0 aliphatic heterocycles. The van der Waals surface area contributed by atoms with Gasteiger partial charge in [0.05, 0.1) is 7.11 Å². The Labute approximate surface area is 112 Å². The van der Waals surface area contributed by atoms with Gasteiger partial charge in [0, 0.05) is 39.1 Å². The van der Waals surface area contributed by atoms with E-state index in [2.05, 4.69) is 20.3 Å². The number of nitrogens with zero attached hydrogens (tertiary/aromatic N) is 4. The van der Waals surface area contributed by atoms with Crippen LogP contribution in [0.15, 0.2) is 30.6 Å². The molecule has 0 spiro atoms. The molecule has 1 N–H and O–H groups in total. The summed E-state index contributed by atoms with van der Waals surface area (Å²) in [6.45, 7) is 0.656. The minimum absolute atomic E-state index is 0.607. The molecular weight excluding hydrogens is 242 g/mol. The van der Waals surface area contributed by atoms with Gasteiger partial charge in [-0.05, 0) is 17.7 Å². The van der Waals surface area contributed by atoms with Crippen molar-refractivity contribution in [1.82, 2.24) is 15.0 Å². The summed E-state index contributed by atoms with van der Waals surface area (Å²) in [6.07, 6.45) is 3.46. The molecule has 0 aromatic carbocycles. The minimum Gasteiger partial charge on any atom is -0.481 e. The van der Waals surface area contributed by atoms with Crippen LogP contribution in [-0.4, -0.2) is 36.2 Å². The zero-order chi connectivity index (χ0) is 13.7. The van der Waals surface area contributed by atoms with E-state index in [0.717, 1.165) is 11.4 Å². The Morgan fingerprint density at radius 1 is 1.21 bits per heavy atom. The zero-order valence-electron chi connectivity index (χ0n) is 11.3. The molecule has 100 valence electrons. The first-order chi connectivity index (χ1) is 9.19. The highest BCUT2D eigenvalue weighted by Crippen LogP contribution is 2.12. The van der Waals surface area contributed by atoms with Gasteiger partial charge in [0.2, 0.25) is 11.8 Å². The summed E-state index contributed by atoms with van der Waals surface area (Å²) in [6, 6.07) is 5.66. The van der Waals surface area contributed by atoms with Crippen molar-refractivity contribution in [3.05, 3.63) is 36.2 Å². The third kappa shape index (κ3) is 3.54. The van der Waals surface area contributed by atoms with Crippen LogP contribution in [0, 0.1) is 0 Å². The molecule has 2 heterocycles. The molecule has 0 amide bonds. The van der Waals surface area contributed by atoms with Gasteiger partial charge in [-0.25, -0.2) is 9.97 Å². The molecule has 6 nitrogen and oxygen atoms in total. The van der Waals surface area contributed by atoms with Gasteiger partial charge >= 0.3 is 0 Å². The van der Waals surface area contributed by atoms with Gasteiger partial charge in [0.25, 0.3) is 0 Å². The number of rotatable bonds is 5. The first kappa shape index (κ1) is 13.1. The number of nitrogens with one attached hydrogen (secondary N) is 1. The van der Waals surface area contributed by atoms with Crippen molar-refractivity contribution in [3.63, 3.8) is 0 Å². The highest BCUT2D eigenvalue weighted by molar-refractivity contribution is 5.41. The maximum atomic E-state index is 5.09. The molecule has 19 heavy (non-hydrogen) atoms. The van der Waals surface area contributed by atoms with E-state index in [1.807, 2.05) is 37.2 Å². The van der Waals surface area contributed by atoms with Crippen LogP contribution in [0.25, 0.3) is 0 Å². The van der Waals surface area contributed by atoms with Crippen molar-refractivity contribution in [1.29, 1.82) is 0 Å². The second-order valence-corrected chi connectivity index (χ2v) is 4.20. The Bertz CT molecular complexity index is 544. The van der Waals surface area contributed by atoms with E-state index in [1.165, 1.54) is 0 Å². The molecule has 0 aliphatic carbocycles. The third-order valence-electron chi connectivity index (χ3n) is 2.52. The van der Waals surface area contributed by atoms with Crippen molar-refractivity contribution in [3.8, 4) is 5.88 Å².